The molecule has 32 heavy (non-hydrogen) atoms. The Kier molecular flexibility index (Phi) is 7.59. The van der Waals surface area contributed by atoms with Crippen molar-refractivity contribution in [3.63, 3.8) is 0 Å². The van der Waals surface area contributed by atoms with Crippen LogP contribution in [0.1, 0.15) is 46.5 Å². The van der Waals surface area contributed by atoms with E-state index in [4.69, 9.17) is 9.47 Å². The van der Waals surface area contributed by atoms with Gasteiger partial charge in [-0.15, -0.1) is 0 Å². The number of esters is 2. The predicted octanol–water partition coefficient (Wildman–Crippen LogP) is 3.03. The fraction of sp³-hybridized carbons (Fsp3) is 0.333. The summed E-state index contributed by atoms with van der Waals surface area (Å²) in [5.74, 6) is -2.21. The summed E-state index contributed by atoms with van der Waals surface area (Å²) in [7, 11) is 0. The average molecular weight is 438 g/mol. The SMILES string of the molecule is CCOC(=O)c1cc(NC(=O)C2CC(=O)N(Cc3ccccc3)C2)cc(C(=O)OCC)c1. The quantitative estimate of drug-likeness (QED) is 0.636. The number of benzene rings is 2. The molecule has 1 atom stereocenters. The molecule has 1 saturated heterocycles. The fourth-order valence-electron chi connectivity index (χ4n) is 3.51. The molecular formula is C24H26N2O6. The molecule has 1 fully saturated rings. The molecule has 168 valence electrons. The van der Waals surface area contributed by atoms with Gasteiger partial charge in [0.05, 0.1) is 30.3 Å². The zero-order valence-electron chi connectivity index (χ0n) is 18.1. The van der Waals surface area contributed by atoms with Crippen molar-refractivity contribution in [3.05, 3.63) is 65.2 Å². The highest BCUT2D eigenvalue weighted by atomic mass is 16.5. The monoisotopic (exact) mass is 438 g/mol. The average Bonchev–Trinajstić information content (AvgIpc) is 3.15. The summed E-state index contributed by atoms with van der Waals surface area (Å²) in [4.78, 5) is 51.3. The summed E-state index contributed by atoms with van der Waals surface area (Å²) in [6.07, 6.45) is 0.0982. The number of likely N-dealkylation sites (tertiary alicyclic amines) is 1. The van der Waals surface area contributed by atoms with E-state index in [2.05, 4.69) is 5.32 Å². The molecule has 0 saturated carbocycles. The van der Waals surface area contributed by atoms with E-state index in [0.29, 0.717) is 13.1 Å². The van der Waals surface area contributed by atoms with Crippen LogP contribution >= 0.6 is 0 Å². The van der Waals surface area contributed by atoms with Gasteiger partial charge in [0.15, 0.2) is 0 Å². The molecule has 8 heteroatoms. The van der Waals surface area contributed by atoms with Crippen LogP contribution in [0.5, 0.6) is 0 Å². The molecule has 1 heterocycles. The number of rotatable bonds is 8. The molecule has 0 spiro atoms. The van der Waals surface area contributed by atoms with Crippen LogP contribution in [0.25, 0.3) is 0 Å². The lowest BCUT2D eigenvalue weighted by Gasteiger charge is -2.17. The first kappa shape index (κ1) is 23.0. The number of hydrogen-bond acceptors (Lipinski definition) is 6. The minimum absolute atomic E-state index is 0.0958. The number of amides is 2. The lowest BCUT2D eigenvalue weighted by atomic mass is 10.1. The molecule has 0 aromatic heterocycles. The maximum Gasteiger partial charge on any atom is 0.338 e. The van der Waals surface area contributed by atoms with Crippen LogP contribution in [-0.4, -0.2) is 48.4 Å². The molecule has 0 radical (unpaired) electrons. The van der Waals surface area contributed by atoms with Crippen LogP contribution in [0.4, 0.5) is 5.69 Å². The normalized spacial score (nSPS) is 15.4. The third-order valence-corrected chi connectivity index (χ3v) is 5.02. The molecule has 1 unspecified atom stereocenters. The third-order valence-electron chi connectivity index (χ3n) is 5.02. The van der Waals surface area contributed by atoms with Crippen LogP contribution in [0.15, 0.2) is 48.5 Å². The van der Waals surface area contributed by atoms with Crippen molar-refractivity contribution in [2.45, 2.75) is 26.8 Å². The van der Waals surface area contributed by atoms with Gasteiger partial charge in [0.25, 0.3) is 0 Å². The Morgan fingerprint density at radius 1 is 0.969 bits per heavy atom. The Hall–Kier alpha value is -3.68. The van der Waals surface area contributed by atoms with Gasteiger partial charge in [0.2, 0.25) is 11.8 Å². The van der Waals surface area contributed by atoms with E-state index in [1.807, 2.05) is 30.3 Å². The molecule has 1 aliphatic heterocycles. The number of carbonyl (C=O) groups is 4. The van der Waals surface area contributed by atoms with Gasteiger partial charge < -0.3 is 19.7 Å². The minimum Gasteiger partial charge on any atom is -0.462 e. The Morgan fingerprint density at radius 3 is 2.12 bits per heavy atom. The second-order valence-corrected chi connectivity index (χ2v) is 7.39. The first-order chi connectivity index (χ1) is 15.4. The van der Waals surface area contributed by atoms with Crippen LogP contribution in [0.2, 0.25) is 0 Å². The summed E-state index contributed by atoms with van der Waals surface area (Å²) in [6.45, 7) is 4.43. The van der Waals surface area contributed by atoms with Gasteiger partial charge in [0.1, 0.15) is 0 Å². The standard InChI is InChI=1S/C24H26N2O6/c1-3-31-23(29)17-10-18(24(30)32-4-2)12-20(11-17)25-22(28)19-13-21(27)26(15-19)14-16-8-6-5-7-9-16/h5-12,19H,3-4,13-15H2,1-2H3,(H,25,28). The number of hydrogen-bond donors (Lipinski definition) is 1. The Labute approximate surface area is 186 Å². The molecule has 3 rings (SSSR count). The van der Waals surface area contributed by atoms with Gasteiger partial charge in [-0.25, -0.2) is 9.59 Å². The zero-order valence-corrected chi connectivity index (χ0v) is 18.1. The second-order valence-electron chi connectivity index (χ2n) is 7.39. The van der Waals surface area contributed by atoms with E-state index in [-0.39, 0.29) is 48.3 Å². The van der Waals surface area contributed by atoms with Gasteiger partial charge in [-0.3, -0.25) is 9.59 Å². The van der Waals surface area contributed by atoms with E-state index in [0.717, 1.165) is 5.56 Å². The van der Waals surface area contributed by atoms with Crippen LogP contribution in [0.3, 0.4) is 0 Å². The number of anilines is 1. The van der Waals surface area contributed by atoms with E-state index in [1.165, 1.54) is 18.2 Å². The Bertz CT molecular complexity index is 969. The van der Waals surface area contributed by atoms with Crippen molar-refractivity contribution in [1.82, 2.24) is 4.90 Å². The Morgan fingerprint density at radius 2 is 1.56 bits per heavy atom. The first-order valence-electron chi connectivity index (χ1n) is 10.5. The number of carbonyl (C=O) groups excluding carboxylic acids is 4. The van der Waals surface area contributed by atoms with Crippen LogP contribution < -0.4 is 5.32 Å². The van der Waals surface area contributed by atoms with Crippen molar-refractivity contribution in [1.29, 1.82) is 0 Å². The zero-order chi connectivity index (χ0) is 23.1. The molecule has 0 aliphatic carbocycles. The second kappa shape index (κ2) is 10.6. The summed E-state index contributed by atoms with van der Waals surface area (Å²) < 4.78 is 10.0. The van der Waals surface area contributed by atoms with Crippen molar-refractivity contribution in [2.24, 2.45) is 5.92 Å². The van der Waals surface area contributed by atoms with E-state index < -0.39 is 17.9 Å². The van der Waals surface area contributed by atoms with Gasteiger partial charge >= 0.3 is 11.9 Å². The number of nitrogens with one attached hydrogen (secondary N) is 1. The van der Waals surface area contributed by atoms with Crippen molar-refractivity contribution in [3.8, 4) is 0 Å². The van der Waals surface area contributed by atoms with Crippen LogP contribution in [-0.2, 0) is 25.6 Å². The summed E-state index contributed by atoms with van der Waals surface area (Å²) in [5.41, 5.74) is 1.50. The summed E-state index contributed by atoms with van der Waals surface area (Å²) in [6, 6.07) is 13.8. The largest absolute Gasteiger partial charge is 0.462 e. The highest BCUT2D eigenvalue weighted by Gasteiger charge is 2.34. The minimum atomic E-state index is -0.612. The first-order valence-corrected chi connectivity index (χ1v) is 10.5. The lowest BCUT2D eigenvalue weighted by molar-refractivity contribution is -0.128. The Balaban J connectivity index is 1.73. The molecule has 8 nitrogen and oxygen atoms in total. The van der Waals surface area contributed by atoms with Gasteiger partial charge in [-0.2, -0.15) is 0 Å². The van der Waals surface area contributed by atoms with Gasteiger partial charge in [-0.05, 0) is 37.6 Å². The predicted molar refractivity (Wildman–Crippen MR) is 117 cm³/mol. The molecular weight excluding hydrogens is 412 g/mol. The number of ether oxygens (including phenoxy) is 2. The summed E-state index contributed by atoms with van der Waals surface area (Å²) >= 11 is 0. The van der Waals surface area contributed by atoms with Crippen LogP contribution in [0, 0.1) is 5.92 Å². The molecule has 2 aromatic carbocycles. The number of nitrogens with zero attached hydrogens (tertiary/aromatic N) is 1. The molecule has 1 N–H and O–H groups in total. The van der Waals surface area contributed by atoms with Crippen molar-refractivity contribution >= 4 is 29.4 Å². The fourth-order valence-corrected chi connectivity index (χ4v) is 3.51. The third kappa shape index (κ3) is 5.72. The van der Waals surface area contributed by atoms with E-state index in [1.54, 1.807) is 18.7 Å². The topological polar surface area (TPSA) is 102 Å². The van der Waals surface area contributed by atoms with Crippen molar-refractivity contribution < 1.29 is 28.7 Å². The van der Waals surface area contributed by atoms with E-state index >= 15 is 0 Å². The van der Waals surface area contributed by atoms with Gasteiger partial charge in [-0.1, -0.05) is 30.3 Å². The smallest absolute Gasteiger partial charge is 0.338 e. The highest BCUT2D eigenvalue weighted by Crippen LogP contribution is 2.23. The maximum atomic E-state index is 12.8. The molecule has 2 aromatic rings. The van der Waals surface area contributed by atoms with Gasteiger partial charge in [0, 0.05) is 25.2 Å². The lowest BCUT2D eigenvalue weighted by Crippen LogP contribution is -2.28. The highest BCUT2D eigenvalue weighted by molar-refractivity contribution is 6.01. The molecule has 2 amide bonds. The summed E-state index contributed by atoms with van der Waals surface area (Å²) in [5, 5.41) is 2.73. The maximum absolute atomic E-state index is 12.8. The molecule has 1 aliphatic rings. The van der Waals surface area contributed by atoms with E-state index in [9.17, 15) is 19.2 Å². The van der Waals surface area contributed by atoms with Crippen molar-refractivity contribution in [2.75, 3.05) is 25.1 Å². The molecule has 0 bridgehead atoms.